The number of piperidine rings is 1. The molecule has 15 heteroatoms. The number of amides is 3. The minimum absolute atomic E-state index is 0.0753. The van der Waals surface area contributed by atoms with Crippen molar-refractivity contribution in [3.05, 3.63) is 87.4 Å². The van der Waals surface area contributed by atoms with Gasteiger partial charge in [0.15, 0.2) is 5.75 Å². The molecule has 3 saturated heterocycles. The topological polar surface area (TPSA) is 113 Å². The van der Waals surface area contributed by atoms with Gasteiger partial charge in [0.05, 0.1) is 56.4 Å². The van der Waals surface area contributed by atoms with Crippen LogP contribution in [-0.2, 0) is 20.9 Å². The Balaban J connectivity index is 1.29. The highest BCUT2D eigenvalue weighted by atomic mass is 35.5. The number of ether oxygens (including phenoxy) is 3. The van der Waals surface area contributed by atoms with Crippen LogP contribution < -0.4 is 9.47 Å². The van der Waals surface area contributed by atoms with Gasteiger partial charge >= 0.3 is 6.03 Å². The number of piperazine rings is 1. The molecule has 55 heavy (non-hydrogen) atoms. The number of benzene rings is 3. The van der Waals surface area contributed by atoms with E-state index in [9.17, 15) is 9.35 Å². The lowest BCUT2D eigenvalue weighted by Gasteiger charge is -2.39. The summed E-state index contributed by atoms with van der Waals surface area (Å²) in [7, 11) is 1.56. The van der Waals surface area contributed by atoms with E-state index in [0.717, 1.165) is 30.4 Å². The van der Waals surface area contributed by atoms with Crippen LogP contribution in [0.4, 0.5) is 4.79 Å². The van der Waals surface area contributed by atoms with E-state index in [2.05, 4.69) is 4.90 Å². The molecule has 1 unspecified atom stereocenters. The lowest BCUT2D eigenvalue weighted by molar-refractivity contribution is -0.136. The highest BCUT2D eigenvalue weighted by Gasteiger charge is 2.46. The SMILES string of the molecule is CCOc1cc(OC)c([S+]([O-])N2CCCCC2)cc1C1=N[C@@H](c2ccc(Cl)cc2)[C@@H](c2ccc(Cl)cc2)N1C(=O)N1CCN(CC(=O)N2CCOCC2)CC1. The molecule has 294 valence electrons. The van der Waals surface area contributed by atoms with Crippen LogP contribution in [-0.4, -0.2) is 132 Å². The summed E-state index contributed by atoms with van der Waals surface area (Å²) in [6, 6.07) is 17.3. The third-order valence-electron chi connectivity index (χ3n) is 10.6. The van der Waals surface area contributed by atoms with Gasteiger partial charge in [-0.25, -0.2) is 4.79 Å². The number of morpholine rings is 1. The van der Waals surface area contributed by atoms with Gasteiger partial charge in [0.25, 0.3) is 0 Å². The molecule has 12 nitrogen and oxygen atoms in total. The van der Waals surface area contributed by atoms with Crippen molar-refractivity contribution in [3.8, 4) is 11.5 Å². The summed E-state index contributed by atoms with van der Waals surface area (Å²) in [5, 5.41) is 1.16. The Hall–Kier alpha value is -3.56. The molecular formula is C40H48Cl2N6O6S. The third-order valence-corrected chi connectivity index (χ3v) is 12.6. The molecule has 0 saturated carbocycles. The van der Waals surface area contributed by atoms with Gasteiger partial charge in [0.1, 0.15) is 17.6 Å². The van der Waals surface area contributed by atoms with E-state index in [0.29, 0.717) is 117 Å². The number of nitrogens with zero attached hydrogens (tertiary/aromatic N) is 6. The van der Waals surface area contributed by atoms with Crippen molar-refractivity contribution >= 4 is 52.3 Å². The van der Waals surface area contributed by atoms with Gasteiger partial charge in [-0.2, -0.15) is 0 Å². The predicted molar refractivity (Wildman–Crippen MR) is 214 cm³/mol. The molecule has 4 heterocycles. The Labute approximate surface area is 336 Å². The zero-order chi connectivity index (χ0) is 38.5. The quantitative estimate of drug-likeness (QED) is 0.228. The van der Waals surface area contributed by atoms with E-state index < -0.39 is 23.4 Å². The summed E-state index contributed by atoms with van der Waals surface area (Å²) in [6.45, 7) is 8.18. The molecule has 3 aromatic rings. The van der Waals surface area contributed by atoms with Crippen LogP contribution in [0.3, 0.4) is 0 Å². The maximum absolute atomic E-state index is 15.2. The van der Waals surface area contributed by atoms with Crippen LogP contribution >= 0.6 is 23.2 Å². The average molecular weight is 812 g/mol. The summed E-state index contributed by atoms with van der Waals surface area (Å²) in [4.78, 5) is 41.7. The highest BCUT2D eigenvalue weighted by molar-refractivity contribution is 7.89. The first-order valence-electron chi connectivity index (χ1n) is 19.0. The number of halogens is 2. The molecule has 0 spiro atoms. The van der Waals surface area contributed by atoms with Crippen molar-refractivity contribution in [3.63, 3.8) is 0 Å². The molecule has 0 radical (unpaired) electrons. The molecule has 0 aliphatic carbocycles. The number of hydrogen-bond acceptors (Lipinski definition) is 9. The molecule has 3 amide bonds. The van der Waals surface area contributed by atoms with Crippen molar-refractivity contribution in [1.29, 1.82) is 0 Å². The molecule has 0 aromatic heterocycles. The van der Waals surface area contributed by atoms with Crippen LogP contribution in [0.25, 0.3) is 0 Å². The summed E-state index contributed by atoms with van der Waals surface area (Å²) >= 11 is 11.2. The predicted octanol–water partition coefficient (Wildman–Crippen LogP) is 6.05. The van der Waals surface area contributed by atoms with Crippen molar-refractivity contribution in [2.45, 2.75) is 43.2 Å². The second-order valence-corrected chi connectivity index (χ2v) is 16.4. The fourth-order valence-corrected chi connectivity index (χ4v) is 9.32. The lowest BCUT2D eigenvalue weighted by Crippen LogP contribution is -2.56. The first-order valence-corrected chi connectivity index (χ1v) is 20.9. The van der Waals surface area contributed by atoms with Crippen LogP contribution in [0, 0.1) is 0 Å². The molecule has 4 aliphatic rings. The minimum Gasteiger partial charge on any atom is -0.593 e. The summed E-state index contributed by atoms with van der Waals surface area (Å²) in [5.41, 5.74) is 2.25. The van der Waals surface area contributed by atoms with Gasteiger partial charge in [0, 0.05) is 74.5 Å². The van der Waals surface area contributed by atoms with E-state index >= 15 is 4.79 Å². The molecule has 7 rings (SSSR count). The first-order chi connectivity index (χ1) is 26.7. The Morgan fingerprint density at radius 1 is 0.836 bits per heavy atom. The smallest absolute Gasteiger partial charge is 0.326 e. The van der Waals surface area contributed by atoms with E-state index in [4.69, 9.17) is 42.4 Å². The molecule has 0 N–H and O–H groups in total. The summed E-state index contributed by atoms with van der Waals surface area (Å²) in [5.74, 6) is 1.39. The second-order valence-electron chi connectivity index (χ2n) is 14.0. The monoisotopic (exact) mass is 810 g/mol. The molecule has 0 bridgehead atoms. The maximum atomic E-state index is 15.2. The first kappa shape index (κ1) is 39.7. The van der Waals surface area contributed by atoms with Crippen LogP contribution in [0.1, 0.15) is 55.0 Å². The Kier molecular flexibility index (Phi) is 13.1. The highest BCUT2D eigenvalue weighted by Crippen LogP contribution is 2.47. The van der Waals surface area contributed by atoms with E-state index in [1.807, 2.05) is 75.6 Å². The zero-order valence-corrected chi connectivity index (χ0v) is 33.7. The largest absolute Gasteiger partial charge is 0.593 e. The molecule has 4 aliphatic heterocycles. The standard InChI is InChI=1S/C40H48Cl2N6O6S/c1-3-54-33-26-34(52-2)35(55(51)47-15-5-4-6-16-47)25-32(33)39-43-37(28-7-11-30(41)12-8-28)38(29-9-13-31(42)14-10-29)48(39)40(50)46-19-17-44(18-20-46)27-36(49)45-21-23-53-24-22-45/h7-14,25-26,37-38H,3-6,15-24,27H2,1-2H3/t37-,38+,55?/m0/s1. The van der Waals surface area contributed by atoms with Crippen molar-refractivity contribution in [2.24, 2.45) is 4.99 Å². The fourth-order valence-electron chi connectivity index (χ4n) is 7.66. The summed E-state index contributed by atoms with van der Waals surface area (Å²) in [6.07, 6.45) is 3.03. The fraction of sp³-hybridized carbons (Fsp3) is 0.475. The number of amidine groups is 1. The second kappa shape index (κ2) is 18.1. The third kappa shape index (κ3) is 8.88. The number of methoxy groups -OCH3 is 1. The van der Waals surface area contributed by atoms with Crippen molar-refractivity contribution in [2.75, 3.05) is 85.8 Å². The number of aliphatic imine (C=N–C) groups is 1. The minimum atomic E-state index is -1.52. The van der Waals surface area contributed by atoms with Crippen molar-refractivity contribution < 1.29 is 28.4 Å². The van der Waals surface area contributed by atoms with Crippen LogP contribution in [0.15, 0.2) is 70.6 Å². The van der Waals surface area contributed by atoms with Gasteiger partial charge in [-0.3, -0.25) is 19.6 Å². The number of carbonyl (C=O) groups is 2. The van der Waals surface area contributed by atoms with E-state index in [1.165, 1.54) is 0 Å². The van der Waals surface area contributed by atoms with Crippen molar-refractivity contribution in [1.82, 2.24) is 23.9 Å². The Bertz CT molecular complexity index is 1830. The lowest BCUT2D eigenvalue weighted by atomic mass is 9.93. The van der Waals surface area contributed by atoms with Gasteiger partial charge in [0.2, 0.25) is 10.8 Å². The average Bonchev–Trinajstić information content (AvgIpc) is 3.62. The number of urea groups is 1. The molecule has 3 aromatic carbocycles. The van der Waals surface area contributed by atoms with Crippen LogP contribution in [0.2, 0.25) is 10.0 Å². The van der Waals surface area contributed by atoms with Gasteiger partial charge < -0.3 is 28.6 Å². The van der Waals surface area contributed by atoms with Crippen LogP contribution in [0.5, 0.6) is 11.5 Å². The molecule has 3 atom stereocenters. The molecular weight excluding hydrogens is 763 g/mol. The Morgan fingerprint density at radius 3 is 2.09 bits per heavy atom. The van der Waals surface area contributed by atoms with Gasteiger partial charge in [-0.05, 0) is 55.2 Å². The normalized spacial score (nSPS) is 21.7. The zero-order valence-electron chi connectivity index (χ0n) is 31.3. The number of rotatable bonds is 10. The van der Waals surface area contributed by atoms with Gasteiger partial charge in [-0.1, -0.05) is 53.9 Å². The number of carbonyl (C=O) groups excluding carboxylic acids is 2. The van der Waals surface area contributed by atoms with E-state index in [-0.39, 0.29) is 11.9 Å². The molecule has 3 fully saturated rings. The van der Waals surface area contributed by atoms with Gasteiger partial charge in [-0.15, -0.1) is 4.31 Å². The van der Waals surface area contributed by atoms with E-state index in [1.54, 1.807) is 18.1 Å². The Morgan fingerprint density at radius 2 is 1.47 bits per heavy atom. The number of hydrogen-bond donors (Lipinski definition) is 0. The summed E-state index contributed by atoms with van der Waals surface area (Å²) < 4.78 is 33.7. The maximum Gasteiger partial charge on any atom is 0.326 e.